The molecule has 1 aliphatic carbocycles. The third-order valence-corrected chi connectivity index (χ3v) is 4.51. The first-order valence-electron chi connectivity index (χ1n) is 10.0. The topological polar surface area (TPSA) is 116 Å². The Hall–Kier alpha value is -3.75. The summed E-state index contributed by atoms with van der Waals surface area (Å²) in [6, 6.07) is 10.6. The van der Waals surface area contributed by atoms with Crippen molar-refractivity contribution in [1.82, 2.24) is 15.3 Å². The van der Waals surface area contributed by atoms with Crippen LogP contribution in [0.25, 0.3) is 11.6 Å². The SMILES string of the molecule is CC(COc1cnc(-c2ccc(Oc3cccc(OCC4CC4)c3)cn2)o1)NC(=O)O. The second-order valence-electron chi connectivity index (χ2n) is 7.36. The molecule has 3 aromatic rings. The molecule has 9 heteroatoms. The van der Waals surface area contributed by atoms with Crippen molar-refractivity contribution >= 4 is 6.09 Å². The monoisotopic (exact) mass is 425 g/mol. The number of hydrogen-bond donors (Lipinski definition) is 2. The molecule has 1 saturated carbocycles. The maximum absolute atomic E-state index is 10.6. The summed E-state index contributed by atoms with van der Waals surface area (Å²) in [6.07, 6.45) is 4.37. The predicted octanol–water partition coefficient (Wildman–Crippen LogP) is 4.35. The molecular weight excluding hydrogens is 402 g/mol. The van der Waals surface area contributed by atoms with Crippen molar-refractivity contribution < 1.29 is 28.5 Å². The number of aromatic nitrogens is 2. The number of carbonyl (C=O) groups is 1. The third-order valence-electron chi connectivity index (χ3n) is 4.51. The summed E-state index contributed by atoms with van der Waals surface area (Å²) in [5.74, 6) is 3.18. The van der Waals surface area contributed by atoms with Gasteiger partial charge in [0.15, 0.2) is 0 Å². The number of pyridine rings is 1. The van der Waals surface area contributed by atoms with Gasteiger partial charge in [-0.1, -0.05) is 6.07 Å². The number of hydrogen-bond acceptors (Lipinski definition) is 7. The van der Waals surface area contributed by atoms with E-state index in [1.807, 2.05) is 24.3 Å². The van der Waals surface area contributed by atoms with E-state index >= 15 is 0 Å². The fraction of sp³-hybridized carbons (Fsp3) is 0.318. The lowest BCUT2D eigenvalue weighted by Gasteiger charge is -2.10. The molecule has 2 heterocycles. The van der Waals surface area contributed by atoms with E-state index in [1.165, 1.54) is 19.0 Å². The van der Waals surface area contributed by atoms with Gasteiger partial charge >= 0.3 is 12.0 Å². The van der Waals surface area contributed by atoms with Crippen LogP contribution in [0, 0.1) is 5.92 Å². The van der Waals surface area contributed by atoms with E-state index in [2.05, 4.69) is 15.3 Å². The van der Waals surface area contributed by atoms with Crippen LogP contribution in [0.4, 0.5) is 4.79 Å². The maximum Gasteiger partial charge on any atom is 0.404 e. The molecule has 1 atom stereocenters. The molecule has 1 aromatic carbocycles. The molecule has 0 aliphatic heterocycles. The van der Waals surface area contributed by atoms with Crippen LogP contribution in [0.2, 0.25) is 0 Å². The smallest absolute Gasteiger partial charge is 0.404 e. The van der Waals surface area contributed by atoms with Gasteiger partial charge in [0.2, 0.25) is 5.89 Å². The van der Waals surface area contributed by atoms with Crippen molar-refractivity contribution in [3.8, 4) is 34.8 Å². The van der Waals surface area contributed by atoms with E-state index in [0.29, 0.717) is 23.1 Å². The molecule has 0 spiro atoms. The summed E-state index contributed by atoms with van der Waals surface area (Å²) in [5.41, 5.74) is 0.514. The van der Waals surface area contributed by atoms with Crippen LogP contribution in [0.5, 0.6) is 23.2 Å². The van der Waals surface area contributed by atoms with Gasteiger partial charge in [0, 0.05) is 6.07 Å². The van der Waals surface area contributed by atoms with E-state index in [-0.39, 0.29) is 18.4 Å². The molecule has 1 fully saturated rings. The van der Waals surface area contributed by atoms with Gasteiger partial charge < -0.3 is 29.1 Å². The van der Waals surface area contributed by atoms with E-state index < -0.39 is 12.1 Å². The fourth-order valence-electron chi connectivity index (χ4n) is 2.73. The van der Waals surface area contributed by atoms with Crippen LogP contribution in [0.15, 0.2) is 53.2 Å². The highest BCUT2D eigenvalue weighted by Gasteiger charge is 2.22. The summed E-state index contributed by atoms with van der Waals surface area (Å²) >= 11 is 0. The lowest BCUT2D eigenvalue weighted by atomic mass is 10.3. The fourth-order valence-corrected chi connectivity index (χ4v) is 2.73. The molecule has 4 rings (SSSR count). The predicted molar refractivity (Wildman–Crippen MR) is 111 cm³/mol. The highest BCUT2D eigenvalue weighted by atomic mass is 16.6. The number of nitrogens with one attached hydrogen (secondary N) is 1. The van der Waals surface area contributed by atoms with Crippen molar-refractivity contribution in [2.45, 2.75) is 25.8 Å². The minimum Gasteiger partial charge on any atom is -0.493 e. The molecule has 31 heavy (non-hydrogen) atoms. The number of rotatable bonds is 10. The minimum atomic E-state index is -1.11. The molecule has 9 nitrogen and oxygen atoms in total. The van der Waals surface area contributed by atoms with Crippen LogP contribution in [0.3, 0.4) is 0 Å². The Morgan fingerprint density at radius 2 is 2.00 bits per heavy atom. The first-order valence-corrected chi connectivity index (χ1v) is 10.0. The second-order valence-corrected chi connectivity index (χ2v) is 7.36. The first kappa shape index (κ1) is 20.5. The Bertz CT molecular complexity index is 1020. The van der Waals surface area contributed by atoms with Crippen LogP contribution < -0.4 is 19.5 Å². The molecular formula is C22H23N3O6. The number of amides is 1. The molecule has 162 valence electrons. The van der Waals surface area contributed by atoms with E-state index in [0.717, 1.165) is 12.4 Å². The second kappa shape index (κ2) is 9.38. The van der Waals surface area contributed by atoms with Gasteiger partial charge in [-0.15, -0.1) is 0 Å². The van der Waals surface area contributed by atoms with Gasteiger partial charge in [-0.3, -0.25) is 0 Å². The van der Waals surface area contributed by atoms with Crippen molar-refractivity contribution in [2.24, 2.45) is 5.92 Å². The molecule has 0 saturated heterocycles. The molecule has 1 amide bonds. The average molecular weight is 425 g/mol. The lowest BCUT2D eigenvalue weighted by Crippen LogP contribution is -2.35. The van der Waals surface area contributed by atoms with Crippen molar-refractivity contribution in [3.63, 3.8) is 0 Å². The number of nitrogens with zero attached hydrogens (tertiary/aromatic N) is 2. The summed E-state index contributed by atoms with van der Waals surface area (Å²) in [6.45, 7) is 2.54. The number of benzene rings is 1. The highest BCUT2D eigenvalue weighted by Crippen LogP contribution is 2.31. The Labute approximate surface area is 179 Å². The van der Waals surface area contributed by atoms with Crippen molar-refractivity contribution in [2.75, 3.05) is 13.2 Å². The van der Waals surface area contributed by atoms with Gasteiger partial charge in [0.05, 0.1) is 18.8 Å². The van der Waals surface area contributed by atoms with E-state index in [4.69, 9.17) is 23.7 Å². The van der Waals surface area contributed by atoms with E-state index in [9.17, 15) is 4.79 Å². The summed E-state index contributed by atoms with van der Waals surface area (Å²) in [7, 11) is 0. The maximum atomic E-state index is 10.6. The minimum absolute atomic E-state index is 0.116. The number of carboxylic acid groups (broad SMARTS) is 1. The normalized spacial score (nSPS) is 14.0. The Balaban J connectivity index is 1.32. The zero-order valence-corrected chi connectivity index (χ0v) is 17.0. The van der Waals surface area contributed by atoms with Gasteiger partial charge in [-0.05, 0) is 49.9 Å². The Kier molecular flexibility index (Phi) is 6.21. The molecule has 2 N–H and O–H groups in total. The molecule has 0 bridgehead atoms. The Morgan fingerprint density at radius 1 is 1.16 bits per heavy atom. The van der Waals surface area contributed by atoms with Crippen LogP contribution in [0.1, 0.15) is 19.8 Å². The first-order chi connectivity index (χ1) is 15.0. The van der Waals surface area contributed by atoms with Crippen molar-refractivity contribution in [3.05, 3.63) is 48.8 Å². The van der Waals surface area contributed by atoms with Crippen LogP contribution in [-0.2, 0) is 0 Å². The zero-order chi connectivity index (χ0) is 21.6. The standard InChI is InChI=1S/C22H23N3O6/c1-14(25-22(26)27)12-29-20-11-24-21(31-20)19-8-7-18(10-23-19)30-17-4-2-3-16(9-17)28-13-15-5-6-15/h2-4,7-11,14-15,25H,5-6,12-13H2,1H3,(H,26,27). The Morgan fingerprint density at radius 3 is 2.74 bits per heavy atom. The van der Waals surface area contributed by atoms with Gasteiger partial charge in [-0.2, -0.15) is 0 Å². The van der Waals surface area contributed by atoms with Gasteiger partial charge in [-0.25, -0.2) is 14.8 Å². The number of oxazole rings is 1. The average Bonchev–Trinajstić information content (AvgIpc) is 3.47. The molecule has 1 unspecified atom stereocenters. The molecule has 0 radical (unpaired) electrons. The number of ether oxygens (including phenoxy) is 3. The van der Waals surface area contributed by atoms with Crippen LogP contribution in [-0.4, -0.2) is 40.4 Å². The summed E-state index contributed by atoms with van der Waals surface area (Å²) in [5, 5.41) is 11.0. The third kappa shape index (κ3) is 6.11. The summed E-state index contributed by atoms with van der Waals surface area (Å²) < 4.78 is 22.6. The van der Waals surface area contributed by atoms with E-state index in [1.54, 1.807) is 25.3 Å². The lowest BCUT2D eigenvalue weighted by molar-refractivity contribution is 0.176. The van der Waals surface area contributed by atoms with Crippen molar-refractivity contribution in [1.29, 1.82) is 0 Å². The summed E-state index contributed by atoms with van der Waals surface area (Å²) in [4.78, 5) is 19.1. The zero-order valence-electron chi connectivity index (χ0n) is 17.0. The van der Waals surface area contributed by atoms with Gasteiger partial charge in [0.25, 0.3) is 0 Å². The highest BCUT2D eigenvalue weighted by molar-refractivity contribution is 5.64. The van der Waals surface area contributed by atoms with Gasteiger partial charge in [0.1, 0.15) is 35.7 Å². The van der Waals surface area contributed by atoms with Crippen LogP contribution >= 0.6 is 0 Å². The largest absolute Gasteiger partial charge is 0.493 e. The quantitative estimate of drug-likeness (QED) is 0.492. The molecule has 1 aliphatic rings. The molecule has 2 aromatic heterocycles.